The van der Waals surface area contributed by atoms with Gasteiger partial charge in [-0.1, -0.05) is 0 Å². The van der Waals surface area contributed by atoms with Crippen LogP contribution in [0.25, 0.3) is 0 Å². The van der Waals surface area contributed by atoms with E-state index in [4.69, 9.17) is 5.73 Å². The highest BCUT2D eigenvalue weighted by molar-refractivity contribution is 7.99. The first-order valence-corrected chi connectivity index (χ1v) is 8.57. The second-order valence-electron chi connectivity index (χ2n) is 4.52. The van der Waals surface area contributed by atoms with E-state index >= 15 is 0 Å². The summed E-state index contributed by atoms with van der Waals surface area (Å²) in [6.45, 7) is 2.14. The van der Waals surface area contributed by atoms with Crippen LogP contribution < -0.4 is 5.73 Å². The normalized spacial score (nSPS) is 20.8. The summed E-state index contributed by atoms with van der Waals surface area (Å²) in [4.78, 5) is 9.99. The van der Waals surface area contributed by atoms with Crippen LogP contribution in [0.15, 0.2) is 23.1 Å². The lowest BCUT2D eigenvalue weighted by Crippen LogP contribution is -2.44. The molecular weight excluding hydrogens is 302 g/mol. The van der Waals surface area contributed by atoms with Crippen molar-refractivity contribution in [3.8, 4) is 0 Å². The van der Waals surface area contributed by atoms with Gasteiger partial charge in [0, 0.05) is 35.8 Å². The van der Waals surface area contributed by atoms with Crippen molar-refractivity contribution in [2.75, 3.05) is 23.8 Å². The molecule has 0 spiro atoms. The number of rotatable bonds is 3. The van der Waals surface area contributed by atoms with Gasteiger partial charge in [-0.3, -0.25) is 10.1 Å². The first-order chi connectivity index (χ1) is 9.34. The summed E-state index contributed by atoms with van der Waals surface area (Å²) in [5.41, 5.74) is 5.33. The van der Waals surface area contributed by atoms with Gasteiger partial charge in [-0.15, -0.1) is 0 Å². The molecule has 1 aromatic carbocycles. The number of hydrogen-bond acceptors (Lipinski definition) is 6. The SMILES string of the molecule is CC1CSCCN1S(=O)(=O)c1cc(N)ccc1[N+](=O)[O-]. The van der Waals surface area contributed by atoms with E-state index in [9.17, 15) is 18.5 Å². The van der Waals surface area contributed by atoms with E-state index in [-0.39, 0.29) is 16.6 Å². The van der Waals surface area contributed by atoms with Crippen LogP contribution in [0.4, 0.5) is 11.4 Å². The van der Waals surface area contributed by atoms with Crippen molar-refractivity contribution in [1.29, 1.82) is 0 Å². The van der Waals surface area contributed by atoms with Crippen molar-refractivity contribution in [3.63, 3.8) is 0 Å². The Morgan fingerprint density at radius 2 is 2.20 bits per heavy atom. The molecule has 0 amide bonds. The van der Waals surface area contributed by atoms with Gasteiger partial charge in [-0.05, 0) is 19.1 Å². The molecule has 110 valence electrons. The molecule has 1 fully saturated rings. The fourth-order valence-corrected chi connectivity index (χ4v) is 5.13. The third-order valence-corrected chi connectivity index (χ3v) is 6.31. The van der Waals surface area contributed by atoms with Gasteiger partial charge in [0.25, 0.3) is 5.69 Å². The predicted octanol–water partition coefficient (Wildman–Crippen LogP) is 1.30. The molecule has 20 heavy (non-hydrogen) atoms. The molecule has 1 aliphatic rings. The number of thioether (sulfide) groups is 1. The molecule has 0 radical (unpaired) electrons. The summed E-state index contributed by atoms with van der Waals surface area (Å²) in [6.07, 6.45) is 0. The number of nitro benzene ring substituents is 1. The molecule has 1 aromatic rings. The Morgan fingerprint density at radius 3 is 2.80 bits per heavy atom. The summed E-state index contributed by atoms with van der Waals surface area (Å²) in [7, 11) is -3.91. The zero-order chi connectivity index (χ0) is 14.9. The van der Waals surface area contributed by atoms with E-state index < -0.39 is 20.6 Å². The smallest absolute Gasteiger partial charge is 0.289 e. The average molecular weight is 317 g/mol. The molecule has 9 heteroatoms. The van der Waals surface area contributed by atoms with Crippen LogP contribution in [0.1, 0.15) is 6.92 Å². The zero-order valence-corrected chi connectivity index (χ0v) is 12.5. The third-order valence-electron chi connectivity index (χ3n) is 3.07. The van der Waals surface area contributed by atoms with Gasteiger partial charge in [-0.2, -0.15) is 16.1 Å². The molecular formula is C11H15N3O4S2. The molecule has 1 heterocycles. The van der Waals surface area contributed by atoms with Gasteiger partial charge in [0.15, 0.2) is 4.90 Å². The third kappa shape index (κ3) is 2.74. The van der Waals surface area contributed by atoms with Crippen molar-refractivity contribution in [2.45, 2.75) is 17.9 Å². The topological polar surface area (TPSA) is 107 Å². The molecule has 1 atom stereocenters. The highest BCUT2D eigenvalue weighted by Crippen LogP contribution is 2.31. The van der Waals surface area contributed by atoms with Crippen molar-refractivity contribution in [1.82, 2.24) is 4.31 Å². The Bertz CT molecular complexity index is 633. The van der Waals surface area contributed by atoms with Crippen molar-refractivity contribution >= 4 is 33.2 Å². The molecule has 0 saturated carbocycles. The van der Waals surface area contributed by atoms with Crippen LogP contribution in [0.2, 0.25) is 0 Å². The lowest BCUT2D eigenvalue weighted by molar-refractivity contribution is -0.387. The fourth-order valence-electron chi connectivity index (χ4n) is 2.08. The molecule has 2 N–H and O–H groups in total. The minimum absolute atomic E-state index is 0.188. The number of nitrogen functional groups attached to an aromatic ring is 1. The summed E-state index contributed by atoms with van der Waals surface area (Å²) in [6, 6.07) is 3.42. The van der Waals surface area contributed by atoms with Gasteiger partial charge in [0.1, 0.15) is 0 Å². The first-order valence-electron chi connectivity index (χ1n) is 5.97. The highest BCUT2D eigenvalue weighted by Gasteiger charge is 2.35. The molecule has 1 saturated heterocycles. The molecule has 1 aliphatic heterocycles. The summed E-state index contributed by atoms with van der Waals surface area (Å²) in [5.74, 6) is 1.36. The minimum Gasteiger partial charge on any atom is -0.399 e. The highest BCUT2D eigenvalue weighted by atomic mass is 32.2. The largest absolute Gasteiger partial charge is 0.399 e. The molecule has 0 aromatic heterocycles. The van der Waals surface area contributed by atoms with Gasteiger partial charge in [0.2, 0.25) is 10.0 Å². The monoisotopic (exact) mass is 317 g/mol. The van der Waals surface area contributed by atoms with Crippen molar-refractivity contribution < 1.29 is 13.3 Å². The maximum absolute atomic E-state index is 12.6. The summed E-state index contributed by atoms with van der Waals surface area (Å²) in [5, 5.41) is 11.0. The van der Waals surface area contributed by atoms with Crippen LogP contribution >= 0.6 is 11.8 Å². The first kappa shape index (κ1) is 15.1. The van der Waals surface area contributed by atoms with Crippen molar-refractivity contribution in [2.24, 2.45) is 0 Å². The van der Waals surface area contributed by atoms with Crippen LogP contribution in [-0.4, -0.2) is 41.7 Å². The molecule has 0 aliphatic carbocycles. The Balaban J connectivity index is 2.53. The van der Waals surface area contributed by atoms with Crippen LogP contribution in [0.5, 0.6) is 0 Å². The van der Waals surface area contributed by atoms with Gasteiger partial charge in [-0.25, -0.2) is 8.42 Å². The van der Waals surface area contributed by atoms with E-state index in [1.54, 1.807) is 18.7 Å². The number of nitro groups is 1. The van der Waals surface area contributed by atoms with Crippen LogP contribution in [-0.2, 0) is 10.0 Å². The van der Waals surface area contributed by atoms with Crippen molar-refractivity contribution in [3.05, 3.63) is 28.3 Å². The van der Waals surface area contributed by atoms with Gasteiger partial charge >= 0.3 is 0 Å². The molecule has 1 unspecified atom stereocenters. The number of anilines is 1. The fraction of sp³-hybridized carbons (Fsp3) is 0.455. The Kier molecular flexibility index (Phi) is 4.21. The number of benzene rings is 1. The number of nitrogens with two attached hydrogens (primary N) is 1. The predicted molar refractivity (Wildman–Crippen MR) is 78.2 cm³/mol. The van der Waals surface area contributed by atoms with E-state index in [0.29, 0.717) is 18.1 Å². The number of nitrogens with zero attached hydrogens (tertiary/aromatic N) is 2. The zero-order valence-electron chi connectivity index (χ0n) is 10.9. The van der Waals surface area contributed by atoms with Gasteiger partial charge < -0.3 is 5.73 Å². The Labute approximate surface area is 121 Å². The Morgan fingerprint density at radius 1 is 1.50 bits per heavy atom. The van der Waals surface area contributed by atoms with Crippen LogP contribution in [0, 0.1) is 10.1 Å². The van der Waals surface area contributed by atoms with E-state index in [1.807, 2.05) is 0 Å². The lowest BCUT2D eigenvalue weighted by Gasteiger charge is -2.31. The van der Waals surface area contributed by atoms with Crippen LogP contribution in [0.3, 0.4) is 0 Å². The quantitative estimate of drug-likeness (QED) is 0.511. The molecule has 0 bridgehead atoms. The minimum atomic E-state index is -3.91. The van der Waals surface area contributed by atoms with E-state index in [0.717, 1.165) is 12.1 Å². The second kappa shape index (κ2) is 5.58. The molecule has 7 nitrogen and oxygen atoms in total. The summed E-state index contributed by atoms with van der Waals surface area (Å²) < 4.78 is 26.6. The van der Waals surface area contributed by atoms with E-state index in [2.05, 4.69) is 0 Å². The summed E-state index contributed by atoms with van der Waals surface area (Å²) >= 11 is 1.67. The van der Waals surface area contributed by atoms with Gasteiger partial charge in [0.05, 0.1) is 4.92 Å². The second-order valence-corrected chi connectivity index (χ2v) is 7.53. The average Bonchev–Trinajstić information content (AvgIpc) is 2.38. The van der Waals surface area contributed by atoms with E-state index in [1.165, 1.54) is 10.4 Å². The lowest BCUT2D eigenvalue weighted by atomic mass is 10.3. The standard InChI is InChI=1S/C11H15N3O4S2/c1-8-7-19-5-4-13(8)20(17,18)11-6-9(12)2-3-10(11)14(15)16/h2-3,6,8H,4-5,7,12H2,1H3. The maximum Gasteiger partial charge on any atom is 0.289 e. The Hall–Kier alpha value is -1.32. The molecule has 2 rings (SSSR count). The maximum atomic E-state index is 12.6. The number of sulfonamides is 1. The number of hydrogen-bond donors (Lipinski definition) is 1.